The molecular formula is C20H26N6O2. The van der Waals surface area contributed by atoms with E-state index in [1.807, 2.05) is 30.6 Å². The SMILES string of the molecule is Cc1cccc(-c2cnn3ccc(NCCN(CCO)C(=O)N(C)C)nc23)c1. The first kappa shape index (κ1) is 19.6. The average molecular weight is 382 g/mol. The zero-order valence-electron chi connectivity index (χ0n) is 16.5. The fourth-order valence-electron chi connectivity index (χ4n) is 3.01. The first-order chi connectivity index (χ1) is 13.5. The van der Waals surface area contributed by atoms with Crippen LogP contribution in [0.5, 0.6) is 0 Å². The van der Waals surface area contributed by atoms with Gasteiger partial charge in [-0.15, -0.1) is 0 Å². The molecule has 0 aliphatic rings. The number of aryl methyl sites for hydroxylation is 1. The highest BCUT2D eigenvalue weighted by molar-refractivity contribution is 5.78. The van der Waals surface area contributed by atoms with Crippen molar-refractivity contribution in [2.24, 2.45) is 0 Å². The lowest BCUT2D eigenvalue weighted by Gasteiger charge is -2.25. The number of nitrogens with zero attached hydrogens (tertiary/aromatic N) is 5. The number of hydrogen-bond acceptors (Lipinski definition) is 5. The minimum Gasteiger partial charge on any atom is -0.395 e. The van der Waals surface area contributed by atoms with Gasteiger partial charge in [0.2, 0.25) is 0 Å². The van der Waals surface area contributed by atoms with Gasteiger partial charge in [0.05, 0.1) is 12.8 Å². The number of aliphatic hydroxyl groups is 1. The van der Waals surface area contributed by atoms with Gasteiger partial charge in [-0.25, -0.2) is 14.3 Å². The summed E-state index contributed by atoms with van der Waals surface area (Å²) in [6.45, 7) is 3.28. The van der Waals surface area contributed by atoms with Crippen molar-refractivity contribution in [1.29, 1.82) is 0 Å². The second-order valence-electron chi connectivity index (χ2n) is 6.82. The zero-order chi connectivity index (χ0) is 20.1. The molecule has 0 atom stereocenters. The van der Waals surface area contributed by atoms with E-state index in [2.05, 4.69) is 29.5 Å². The molecule has 28 heavy (non-hydrogen) atoms. The van der Waals surface area contributed by atoms with Gasteiger partial charge >= 0.3 is 6.03 Å². The Morgan fingerprint density at radius 2 is 2.07 bits per heavy atom. The number of urea groups is 1. The number of carbonyl (C=O) groups is 1. The quantitative estimate of drug-likeness (QED) is 0.654. The van der Waals surface area contributed by atoms with Crippen molar-refractivity contribution in [3.05, 3.63) is 48.3 Å². The van der Waals surface area contributed by atoms with Crippen LogP contribution < -0.4 is 5.32 Å². The van der Waals surface area contributed by atoms with E-state index in [9.17, 15) is 9.90 Å². The first-order valence-electron chi connectivity index (χ1n) is 9.22. The van der Waals surface area contributed by atoms with Crippen LogP contribution in [0.4, 0.5) is 10.6 Å². The van der Waals surface area contributed by atoms with Crippen LogP contribution in [0, 0.1) is 6.92 Å². The molecular weight excluding hydrogens is 356 g/mol. The van der Waals surface area contributed by atoms with Crippen molar-refractivity contribution in [2.45, 2.75) is 6.92 Å². The Kier molecular flexibility index (Phi) is 6.10. The van der Waals surface area contributed by atoms with Gasteiger partial charge in [-0.1, -0.05) is 29.8 Å². The Labute approximate surface area is 164 Å². The monoisotopic (exact) mass is 382 g/mol. The van der Waals surface area contributed by atoms with Crippen molar-refractivity contribution >= 4 is 17.5 Å². The van der Waals surface area contributed by atoms with Crippen LogP contribution in [-0.2, 0) is 0 Å². The predicted molar refractivity (Wildman–Crippen MR) is 109 cm³/mol. The minimum atomic E-state index is -0.128. The van der Waals surface area contributed by atoms with E-state index in [0.29, 0.717) is 25.5 Å². The third-order valence-corrected chi connectivity index (χ3v) is 4.41. The molecule has 2 aromatic heterocycles. The standard InChI is InChI=1S/C20H26N6O2/c1-15-5-4-6-16(13-15)17-14-22-26-9-7-18(23-19(17)26)21-8-10-25(11-12-27)20(28)24(2)3/h4-7,9,13-14,27H,8,10-12H2,1-3H3,(H,21,23). The summed E-state index contributed by atoms with van der Waals surface area (Å²) < 4.78 is 1.75. The highest BCUT2D eigenvalue weighted by Gasteiger charge is 2.14. The summed E-state index contributed by atoms with van der Waals surface area (Å²) in [5.74, 6) is 0.711. The third-order valence-electron chi connectivity index (χ3n) is 4.41. The van der Waals surface area contributed by atoms with Gasteiger partial charge in [0.25, 0.3) is 0 Å². The lowest BCUT2D eigenvalue weighted by Crippen LogP contribution is -2.43. The van der Waals surface area contributed by atoms with Crippen LogP contribution in [0.2, 0.25) is 0 Å². The fourth-order valence-corrected chi connectivity index (χ4v) is 3.01. The second kappa shape index (κ2) is 8.71. The number of carbonyl (C=O) groups excluding carboxylic acids is 1. The van der Waals surface area contributed by atoms with Gasteiger partial charge in [-0.05, 0) is 18.6 Å². The lowest BCUT2D eigenvalue weighted by molar-refractivity contribution is 0.157. The predicted octanol–water partition coefficient (Wildman–Crippen LogP) is 2.09. The van der Waals surface area contributed by atoms with Crippen LogP contribution in [-0.4, -0.2) is 75.9 Å². The van der Waals surface area contributed by atoms with Gasteiger partial charge in [0.15, 0.2) is 5.65 Å². The zero-order valence-corrected chi connectivity index (χ0v) is 16.5. The molecule has 0 radical (unpaired) electrons. The molecule has 2 heterocycles. The third kappa shape index (κ3) is 4.40. The van der Waals surface area contributed by atoms with Crippen molar-refractivity contribution < 1.29 is 9.90 Å². The maximum Gasteiger partial charge on any atom is 0.319 e. The summed E-state index contributed by atoms with van der Waals surface area (Å²) in [7, 11) is 3.39. The van der Waals surface area contributed by atoms with E-state index < -0.39 is 0 Å². The number of nitrogens with one attached hydrogen (secondary N) is 1. The maximum absolute atomic E-state index is 12.1. The molecule has 1 aromatic carbocycles. The highest BCUT2D eigenvalue weighted by atomic mass is 16.3. The van der Waals surface area contributed by atoms with E-state index >= 15 is 0 Å². The number of anilines is 1. The molecule has 0 saturated heterocycles. The number of rotatable bonds is 7. The molecule has 0 aliphatic carbocycles. The number of benzene rings is 1. The second-order valence-corrected chi connectivity index (χ2v) is 6.82. The molecule has 0 unspecified atom stereocenters. The summed E-state index contributed by atoms with van der Waals surface area (Å²) in [4.78, 5) is 19.9. The van der Waals surface area contributed by atoms with Gasteiger partial charge in [-0.3, -0.25) is 0 Å². The normalized spacial score (nSPS) is 10.9. The summed E-state index contributed by atoms with van der Waals surface area (Å²) in [5, 5.41) is 16.8. The molecule has 8 heteroatoms. The van der Waals surface area contributed by atoms with E-state index in [0.717, 1.165) is 16.8 Å². The smallest absolute Gasteiger partial charge is 0.319 e. The summed E-state index contributed by atoms with van der Waals surface area (Å²) in [6, 6.07) is 9.96. The maximum atomic E-state index is 12.1. The van der Waals surface area contributed by atoms with E-state index in [-0.39, 0.29) is 12.6 Å². The molecule has 0 bridgehead atoms. The summed E-state index contributed by atoms with van der Waals surface area (Å²) in [6.07, 6.45) is 3.68. The molecule has 2 N–H and O–H groups in total. The summed E-state index contributed by atoms with van der Waals surface area (Å²) in [5.41, 5.74) is 4.00. The number of aliphatic hydroxyl groups excluding tert-OH is 1. The Bertz CT molecular complexity index is 953. The van der Waals surface area contributed by atoms with Crippen molar-refractivity contribution in [3.63, 3.8) is 0 Å². The molecule has 3 aromatic rings. The first-order valence-corrected chi connectivity index (χ1v) is 9.22. The Balaban J connectivity index is 1.74. The van der Waals surface area contributed by atoms with Crippen LogP contribution in [0.3, 0.4) is 0 Å². The van der Waals surface area contributed by atoms with Crippen molar-refractivity contribution in [3.8, 4) is 11.1 Å². The average Bonchev–Trinajstić information content (AvgIpc) is 3.10. The Morgan fingerprint density at radius 1 is 1.25 bits per heavy atom. The topological polar surface area (TPSA) is 86.0 Å². The minimum absolute atomic E-state index is 0.0700. The van der Waals surface area contributed by atoms with Crippen LogP contribution >= 0.6 is 0 Å². The van der Waals surface area contributed by atoms with Crippen LogP contribution in [0.25, 0.3) is 16.8 Å². The fraction of sp³-hybridized carbons (Fsp3) is 0.350. The van der Waals surface area contributed by atoms with Crippen LogP contribution in [0.15, 0.2) is 42.7 Å². The van der Waals surface area contributed by atoms with Crippen molar-refractivity contribution in [1.82, 2.24) is 24.4 Å². The van der Waals surface area contributed by atoms with Gasteiger partial charge in [0, 0.05) is 45.5 Å². The molecule has 8 nitrogen and oxygen atoms in total. The molecule has 148 valence electrons. The Morgan fingerprint density at radius 3 is 2.79 bits per heavy atom. The molecule has 2 amide bonds. The molecule has 0 saturated carbocycles. The van der Waals surface area contributed by atoms with Gasteiger partial charge in [-0.2, -0.15) is 5.10 Å². The van der Waals surface area contributed by atoms with Crippen LogP contribution in [0.1, 0.15) is 5.56 Å². The summed E-state index contributed by atoms with van der Waals surface area (Å²) >= 11 is 0. The van der Waals surface area contributed by atoms with E-state index in [4.69, 9.17) is 4.98 Å². The largest absolute Gasteiger partial charge is 0.395 e. The van der Waals surface area contributed by atoms with Gasteiger partial charge < -0.3 is 20.2 Å². The molecule has 3 rings (SSSR count). The molecule has 0 aliphatic heterocycles. The van der Waals surface area contributed by atoms with E-state index in [1.54, 1.807) is 23.5 Å². The highest BCUT2D eigenvalue weighted by Crippen LogP contribution is 2.24. The number of aromatic nitrogens is 3. The number of amides is 2. The molecule has 0 spiro atoms. The van der Waals surface area contributed by atoms with Crippen molar-refractivity contribution in [2.75, 3.05) is 45.7 Å². The van der Waals surface area contributed by atoms with E-state index in [1.165, 1.54) is 10.5 Å². The van der Waals surface area contributed by atoms with Gasteiger partial charge in [0.1, 0.15) is 5.82 Å². The molecule has 0 fully saturated rings. The Hall–Kier alpha value is -3.13. The number of fused-ring (bicyclic) bond motifs is 1. The number of hydrogen-bond donors (Lipinski definition) is 2. The lowest BCUT2D eigenvalue weighted by atomic mass is 10.1.